The third-order valence-electron chi connectivity index (χ3n) is 1.85. The van der Waals surface area contributed by atoms with Gasteiger partial charge in [0.05, 0.1) is 11.6 Å². The van der Waals surface area contributed by atoms with Gasteiger partial charge in [-0.3, -0.25) is 4.68 Å². The zero-order chi connectivity index (χ0) is 9.42. The summed E-state index contributed by atoms with van der Waals surface area (Å²) in [6, 6.07) is 0. The molecular formula is C7H10N6. The van der Waals surface area contributed by atoms with Crippen LogP contribution in [0.15, 0.2) is 6.20 Å². The van der Waals surface area contributed by atoms with Gasteiger partial charge in [-0.1, -0.05) is 0 Å². The standard InChI is InChI=1S/C7H10N6/c1-9-5-4-3-10-13(2)6(4)12-7(8)11-5/h3H,1-2H3,(H3,8,9,11,12). The van der Waals surface area contributed by atoms with Crippen LogP contribution in [0.2, 0.25) is 0 Å². The molecule has 2 heterocycles. The van der Waals surface area contributed by atoms with Crippen molar-refractivity contribution < 1.29 is 0 Å². The number of aryl methyl sites for hydroxylation is 1. The number of nitrogens with two attached hydrogens (primary N) is 1. The Kier molecular flexibility index (Phi) is 1.54. The van der Waals surface area contributed by atoms with Gasteiger partial charge in [0.15, 0.2) is 5.65 Å². The summed E-state index contributed by atoms with van der Waals surface area (Å²) in [7, 11) is 3.60. The van der Waals surface area contributed by atoms with Crippen LogP contribution in [-0.2, 0) is 7.05 Å². The zero-order valence-electron chi connectivity index (χ0n) is 7.44. The highest BCUT2D eigenvalue weighted by atomic mass is 15.3. The molecule has 0 aromatic carbocycles. The van der Waals surface area contributed by atoms with Gasteiger partial charge in [0.1, 0.15) is 5.82 Å². The highest BCUT2D eigenvalue weighted by molar-refractivity contribution is 5.87. The molecule has 0 unspecified atom stereocenters. The molecular weight excluding hydrogens is 168 g/mol. The molecule has 6 heteroatoms. The van der Waals surface area contributed by atoms with Gasteiger partial charge in [0.2, 0.25) is 5.95 Å². The van der Waals surface area contributed by atoms with Crippen LogP contribution in [0, 0.1) is 0 Å². The van der Waals surface area contributed by atoms with Gasteiger partial charge >= 0.3 is 0 Å². The second-order valence-electron chi connectivity index (χ2n) is 2.69. The minimum absolute atomic E-state index is 0.250. The van der Waals surface area contributed by atoms with E-state index in [0.29, 0.717) is 5.82 Å². The summed E-state index contributed by atoms with van der Waals surface area (Å²) in [6.45, 7) is 0. The summed E-state index contributed by atoms with van der Waals surface area (Å²) in [4.78, 5) is 8.11. The van der Waals surface area contributed by atoms with Gasteiger partial charge < -0.3 is 11.1 Å². The van der Waals surface area contributed by atoms with Gasteiger partial charge in [-0.15, -0.1) is 0 Å². The van der Waals surface area contributed by atoms with E-state index in [1.165, 1.54) is 0 Å². The summed E-state index contributed by atoms with van der Waals surface area (Å²) in [5.74, 6) is 0.955. The minimum Gasteiger partial charge on any atom is -0.372 e. The molecule has 0 saturated carbocycles. The van der Waals surface area contributed by atoms with Crippen molar-refractivity contribution in [2.75, 3.05) is 18.1 Å². The molecule has 68 valence electrons. The van der Waals surface area contributed by atoms with Crippen LogP contribution in [0.25, 0.3) is 11.0 Å². The number of rotatable bonds is 1. The van der Waals surface area contributed by atoms with E-state index in [1.54, 1.807) is 17.9 Å². The Hall–Kier alpha value is -1.85. The van der Waals surface area contributed by atoms with Crippen molar-refractivity contribution in [2.24, 2.45) is 7.05 Å². The monoisotopic (exact) mass is 178 g/mol. The summed E-state index contributed by atoms with van der Waals surface area (Å²) >= 11 is 0. The van der Waals surface area contributed by atoms with E-state index in [-0.39, 0.29) is 5.95 Å². The minimum atomic E-state index is 0.250. The number of fused-ring (bicyclic) bond motifs is 1. The first-order chi connectivity index (χ1) is 6.22. The van der Waals surface area contributed by atoms with Crippen molar-refractivity contribution in [1.29, 1.82) is 0 Å². The lowest BCUT2D eigenvalue weighted by molar-refractivity contribution is 0.786. The van der Waals surface area contributed by atoms with Crippen molar-refractivity contribution in [3.05, 3.63) is 6.20 Å². The van der Waals surface area contributed by atoms with Crippen LogP contribution in [0.1, 0.15) is 0 Å². The van der Waals surface area contributed by atoms with Gasteiger partial charge in [0, 0.05) is 14.1 Å². The normalized spacial score (nSPS) is 10.6. The molecule has 2 aromatic rings. The maximum atomic E-state index is 5.52. The number of anilines is 2. The molecule has 0 saturated heterocycles. The predicted octanol–water partition coefficient (Wildman–Crippen LogP) is -0.0128. The molecule has 0 amide bonds. The lowest BCUT2D eigenvalue weighted by Gasteiger charge is -2.01. The Morgan fingerprint density at radius 3 is 2.92 bits per heavy atom. The van der Waals surface area contributed by atoms with Crippen molar-refractivity contribution in [2.45, 2.75) is 0 Å². The van der Waals surface area contributed by atoms with Crippen LogP contribution in [0.3, 0.4) is 0 Å². The Morgan fingerprint density at radius 1 is 1.46 bits per heavy atom. The Bertz CT molecular complexity index is 445. The van der Waals surface area contributed by atoms with E-state index >= 15 is 0 Å². The van der Waals surface area contributed by atoms with E-state index < -0.39 is 0 Å². The molecule has 0 aliphatic rings. The second-order valence-corrected chi connectivity index (χ2v) is 2.69. The molecule has 13 heavy (non-hydrogen) atoms. The first-order valence-electron chi connectivity index (χ1n) is 3.85. The fourth-order valence-electron chi connectivity index (χ4n) is 1.23. The predicted molar refractivity (Wildman–Crippen MR) is 50.3 cm³/mol. The summed E-state index contributed by atoms with van der Waals surface area (Å²) in [6.07, 6.45) is 1.71. The van der Waals surface area contributed by atoms with Crippen LogP contribution in [-0.4, -0.2) is 26.8 Å². The molecule has 0 atom stereocenters. The second kappa shape index (κ2) is 2.58. The molecule has 0 radical (unpaired) electrons. The molecule has 3 N–H and O–H groups in total. The van der Waals surface area contributed by atoms with E-state index in [9.17, 15) is 0 Å². The lowest BCUT2D eigenvalue weighted by Crippen LogP contribution is -2.02. The number of nitrogen functional groups attached to an aromatic ring is 1. The topological polar surface area (TPSA) is 81.7 Å². The maximum Gasteiger partial charge on any atom is 0.224 e. The van der Waals surface area contributed by atoms with Crippen molar-refractivity contribution in [3.8, 4) is 0 Å². The maximum absolute atomic E-state index is 5.52. The third-order valence-corrected chi connectivity index (χ3v) is 1.85. The van der Waals surface area contributed by atoms with Crippen molar-refractivity contribution >= 4 is 22.8 Å². The average Bonchev–Trinajstić information content (AvgIpc) is 2.47. The fourth-order valence-corrected chi connectivity index (χ4v) is 1.23. The fraction of sp³-hybridized carbons (Fsp3) is 0.286. The van der Waals surface area contributed by atoms with Gasteiger partial charge in [-0.25, -0.2) is 0 Å². The molecule has 0 aliphatic heterocycles. The first kappa shape index (κ1) is 7.78. The molecule has 6 nitrogen and oxygen atoms in total. The average molecular weight is 178 g/mol. The van der Waals surface area contributed by atoms with E-state index in [0.717, 1.165) is 11.0 Å². The van der Waals surface area contributed by atoms with Gasteiger partial charge in [-0.2, -0.15) is 15.1 Å². The van der Waals surface area contributed by atoms with E-state index in [2.05, 4.69) is 20.4 Å². The Morgan fingerprint density at radius 2 is 2.23 bits per heavy atom. The molecule has 0 fully saturated rings. The highest BCUT2D eigenvalue weighted by Crippen LogP contribution is 2.19. The summed E-state index contributed by atoms with van der Waals surface area (Å²) in [5.41, 5.74) is 6.26. The SMILES string of the molecule is CNc1nc(N)nc2c1cnn2C. The molecule has 0 spiro atoms. The van der Waals surface area contributed by atoms with Gasteiger partial charge in [-0.05, 0) is 0 Å². The zero-order valence-corrected chi connectivity index (χ0v) is 7.44. The molecule has 2 aromatic heterocycles. The van der Waals surface area contributed by atoms with E-state index in [1.807, 2.05) is 7.05 Å². The quantitative estimate of drug-likeness (QED) is 0.641. The Balaban J connectivity index is 2.84. The molecule has 0 bridgehead atoms. The van der Waals surface area contributed by atoms with Crippen LogP contribution in [0.5, 0.6) is 0 Å². The first-order valence-corrected chi connectivity index (χ1v) is 3.85. The summed E-state index contributed by atoms with van der Waals surface area (Å²) < 4.78 is 1.66. The number of hydrogen-bond acceptors (Lipinski definition) is 5. The van der Waals surface area contributed by atoms with Gasteiger partial charge in [0.25, 0.3) is 0 Å². The number of nitrogens with one attached hydrogen (secondary N) is 1. The summed E-state index contributed by atoms with van der Waals surface area (Å²) in [5, 5.41) is 7.88. The van der Waals surface area contributed by atoms with Crippen LogP contribution in [0.4, 0.5) is 11.8 Å². The molecule has 2 rings (SSSR count). The third kappa shape index (κ3) is 1.07. The largest absolute Gasteiger partial charge is 0.372 e. The van der Waals surface area contributed by atoms with Crippen LogP contribution >= 0.6 is 0 Å². The van der Waals surface area contributed by atoms with Crippen molar-refractivity contribution in [1.82, 2.24) is 19.7 Å². The lowest BCUT2D eigenvalue weighted by atomic mass is 10.4. The smallest absolute Gasteiger partial charge is 0.224 e. The van der Waals surface area contributed by atoms with Crippen LogP contribution < -0.4 is 11.1 Å². The highest BCUT2D eigenvalue weighted by Gasteiger charge is 2.07. The van der Waals surface area contributed by atoms with E-state index in [4.69, 9.17) is 5.73 Å². The number of hydrogen-bond donors (Lipinski definition) is 2. The number of aromatic nitrogens is 4. The molecule has 0 aliphatic carbocycles. The van der Waals surface area contributed by atoms with Crippen molar-refractivity contribution in [3.63, 3.8) is 0 Å². The number of nitrogens with zero attached hydrogens (tertiary/aromatic N) is 4. The Labute approximate surface area is 74.8 Å².